The molecule has 3 N–H and O–H groups in total. The van der Waals surface area contributed by atoms with E-state index in [0.717, 1.165) is 25.7 Å². The number of hydrogen-bond acceptors (Lipinski definition) is 4. The Balaban J connectivity index is 1.74. The maximum Gasteiger partial charge on any atom is 0.251 e. The number of nitrogens with one attached hydrogen (secondary N) is 2. The Bertz CT molecular complexity index is 753. The van der Waals surface area contributed by atoms with E-state index < -0.39 is 6.10 Å². The number of pyridine rings is 1. The fraction of sp³-hybridized carbons (Fsp3) is 0.708. The highest BCUT2D eigenvalue weighted by atomic mass is 16.3. The molecule has 2 aliphatic carbocycles. The van der Waals surface area contributed by atoms with Crippen LogP contribution in [0.3, 0.4) is 0 Å². The van der Waals surface area contributed by atoms with Gasteiger partial charge in [-0.25, -0.2) is 0 Å². The molecule has 6 heteroatoms. The molecule has 6 nitrogen and oxygen atoms in total. The smallest absolute Gasteiger partial charge is 0.251 e. The minimum atomic E-state index is -0.549. The van der Waals surface area contributed by atoms with E-state index in [1.165, 1.54) is 0 Å². The minimum absolute atomic E-state index is 0.0111. The Morgan fingerprint density at radius 2 is 1.80 bits per heavy atom. The van der Waals surface area contributed by atoms with Gasteiger partial charge in [0.25, 0.3) is 5.91 Å². The highest BCUT2D eigenvalue weighted by Crippen LogP contribution is 2.55. The number of aliphatic hydroxyl groups excluding tert-OH is 1. The van der Waals surface area contributed by atoms with Gasteiger partial charge in [0.15, 0.2) is 0 Å². The summed E-state index contributed by atoms with van der Waals surface area (Å²) in [7, 11) is 0. The van der Waals surface area contributed by atoms with Gasteiger partial charge in [0, 0.05) is 36.0 Å². The first-order chi connectivity index (χ1) is 14.1. The molecule has 2 amide bonds. The molecule has 0 bridgehead atoms. The number of carbonyl (C=O) groups excluding carboxylic acids is 2. The standard InChI is InChI=1S/C24H37N3O3/c1-14(2)26-22(29)15(3)18-6-10-24(5)11-7-19(16(4)20(24)21(18)28)27-23(30)17-8-12-25-13-9-17/h8-9,12-16,18-21,28H,6-7,10-11H2,1-5H3,(H,26,29)(H,27,30)/t15-,16+,18?,19-,20+,21-,24-/m0/s1. The Kier molecular flexibility index (Phi) is 6.85. The largest absolute Gasteiger partial charge is 0.392 e. The van der Waals surface area contributed by atoms with E-state index in [1.54, 1.807) is 24.5 Å². The van der Waals surface area contributed by atoms with E-state index in [4.69, 9.17) is 0 Å². The Morgan fingerprint density at radius 3 is 2.43 bits per heavy atom. The molecule has 0 aromatic carbocycles. The van der Waals surface area contributed by atoms with Crippen LogP contribution in [0.5, 0.6) is 0 Å². The quantitative estimate of drug-likeness (QED) is 0.689. The monoisotopic (exact) mass is 415 g/mol. The van der Waals surface area contributed by atoms with Crippen LogP contribution in [0.4, 0.5) is 0 Å². The molecule has 2 fully saturated rings. The maximum atomic E-state index is 12.7. The minimum Gasteiger partial charge on any atom is -0.392 e. The summed E-state index contributed by atoms with van der Waals surface area (Å²) in [5.41, 5.74) is 0.646. The van der Waals surface area contributed by atoms with Crippen molar-refractivity contribution in [2.45, 2.75) is 78.5 Å². The van der Waals surface area contributed by atoms with Crippen molar-refractivity contribution in [1.82, 2.24) is 15.6 Å². The van der Waals surface area contributed by atoms with Crippen molar-refractivity contribution in [3.63, 3.8) is 0 Å². The zero-order valence-electron chi connectivity index (χ0n) is 18.9. The van der Waals surface area contributed by atoms with Crippen LogP contribution in [0.15, 0.2) is 24.5 Å². The van der Waals surface area contributed by atoms with Crippen molar-refractivity contribution >= 4 is 11.8 Å². The summed E-state index contributed by atoms with van der Waals surface area (Å²) in [5, 5.41) is 17.6. The number of rotatable bonds is 5. The summed E-state index contributed by atoms with van der Waals surface area (Å²) in [6.07, 6.45) is 6.44. The molecule has 1 aromatic heterocycles. The first-order valence-electron chi connectivity index (χ1n) is 11.3. The van der Waals surface area contributed by atoms with Gasteiger partial charge in [-0.05, 0) is 74.8 Å². The van der Waals surface area contributed by atoms with Crippen molar-refractivity contribution in [2.75, 3.05) is 0 Å². The van der Waals surface area contributed by atoms with Gasteiger partial charge in [-0.1, -0.05) is 20.8 Å². The molecule has 2 saturated carbocycles. The summed E-state index contributed by atoms with van der Waals surface area (Å²) >= 11 is 0. The molecule has 2 aliphatic rings. The maximum absolute atomic E-state index is 12.7. The summed E-state index contributed by atoms with van der Waals surface area (Å²) < 4.78 is 0. The van der Waals surface area contributed by atoms with Gasteiger partial charge in [0.1, 0.15) is 0 Å². The van der Waals surface area contributed by atoms with Crippen LogP contribution in [0.25, 0.3) is 0 Å². The van der Waals surface area contributed by atoms with Gasteiger partial charge in [0.05, 0.1) is 6.10 Å². The number of amides is 2. The van der Waals surface area contributed by atoms with Crippen LogP contribution in [0.2, 0.25) is 0 Å². The third-order valence-electron chi connectivity index (χ3n) is 7.63. The predicted octanol–water partition coefficient (Wildman–Crippen LogP) is 3.16. The molecule has 7 atom stereocenters. The third-order valence-corrected chi connectivity index (χ3v) is 7.63. The average molecular weight is 416 g/mol. The lowest BCUT2D eigenvalue weighted by molar-refractivity contribution is -0.142. The van der Waals surface area contributed by atoms with Gasteiger partial charge >= 0.3 is 0 Å². The Hall–Kier alpha value is -1.95. The molecule has 1 heterocycles. The average Bonchev–Trinajstić information content (AvgIpc) is 2.70. The topological polar surface area (TPSA) is 91.3 Å². The van der Waals surface area contributed by atoms with Crippen molar-refractivity contribution in [2.24, 2.45) is 29.1 Å². The third kappa shape index (κ3) is 4.53. The fourth-order valence-electron chi connectivity index (χ4n) is 5.86. The molecule has 30 heavy (non-hydrogen) atoms. The molecule has 0 spiro atoms. The first kappa shape index (κ1) is 22.7. The molecule has 3 rings (SSSR count). The predicted molar refractivity (Wildman–Crippen MR) is 117 cm³/mol. The first-order valence-corrected chi connectivity index (χ1v) is 11.3. The second kappa shape index (κ2) is 9.04. The molecule has 166 valence electrons. The van der Waals surface area contributed by atoms with E-state index in [9.17, 15) is 14.7 Å². The van der Waals surface area contributed by atoms with Crippen LogP contribution in [0.1, 0.15) is 70.7 Å². The Morgan fingerprint density at radius 1 is 1.17 bits per heavy atom. The fourth-order valence-corrected chi connectivity index (χ4v) is 5.86. The van der Waals surface area contributed by atoms with Crippen LogP contribution >= 0.6 is 0 Å². The van der Waals surface area contributed by atoms with Crippen LogP contribution in [-0.2, 0) is 4.79 Å². The lowest BCUT2D eigenvalue weighted by Crippen LogP contribution is -2.58. The van der Waals surface area contributed by atoms with E-state index in [-0.39, 0.29) is 53.0 Å². The Labute approximate surface area is 180 Å². The van der Waals surface area contributed by atoms with E-state index in [0.29, 0.717) is 5.56 Å². The summed E-state index contributed by atoms with van der Waals surface area (Å²) in [6, 6.07) is 3.53. The number of fused-ring (bicyclic) bond motifs is 1. The van der Waals surface area contributed by atoms with E-state index >= 15 is 0 Å². The van der Waals surface area contributed by atoms with Crippen molar-refractivity contribution < 1.29 is 14.7 Å². The normalized spacial score (nSPS) is 34.7. The van der Waals surface area contributed by atoms with Crippen LogP contribution in [-0.4, -0.2) is 40.1 Å². The molecular weight excluding hydrogens is 378 g/mol. The molecule has 0 radical (unpaired) electrons. The highest BCUT2D eigenvalue weighted by molar-refractivity contribution is 5.94. The molecule has 1 aromatic rings. The molecule has 1 unspecified atom stereocenters. The highest BCUT2D eigenvalue weighted by Gasteiger charge is 2.53. The van der Waals surface area contributed by atoms with Crippen molar-refractivity contribution in [3.8, 4) is 0 Å². The summed E-state index contributed by atoms with van der Waals surface area (Å²) in [6.45, 7) is 10.3. The number of aromatic nitrogens is 1. The van der Waals surface area contributed by atoms with Gasteiger partial charge < -0.3 is 15.7 Å². The number of carbonyl (C=O) groups is 2. The van der Waals surface area contributed by atoms with Crippen molar-refractivity contribution in [1.29, 1.82) is 0 Å². The lowest BCUT2D eigenvalue weighted by atomic mass is 9.51. The zero-order valence-corrected chi connectivity index (χ0v) is 18.9. The molecule has 0 aliphatic heterocycles. The van der Waals surface area contributed by atoms with E-state index in [2.05, 4.69) is 29.5 Å². The van der Waals surface area contributed by atoms with Crippen molar-refractivity contribution in [3.05, 3.63) is 30.1 Å². The second-order valence-corrected chi connectivity index (χ2v) is 10.0. The number of aliphatic hydroxyl groups is 1. The van der Waals surface area contributed by atoms with Gasteiger partial charge in [-0.15, -0.1) is 0 Å². The van der Waals surface area contributed by atoms with Crippen LogP contribution < -0.4 is 10.6 Å². The zero-order chi connectivity index (χ0) is 22.1. The summed E-state index contributed by atoms with van der Waals surface area (Å²) in [4.78, 5) is 29.3. The number of hydrogen-bond donors (Lipinski definition) is 3. The summed E-state index contributed by atoms with van der Waals surface area (Å²) in [5.74, 6) is -0.173. The molecular formula is C24H37N3O3. The SMILES string of the molecule is CC(C)NC(=O)[C@@H](C)C1CC[C@@]2(C)CC[C@H](NC(=O)c3ccncc3)[C@@H](C)[C@@H]2[C@H]1O. The van der Waals surface area contributed by atoms with E-state index in [1.807, 2.05) is 20.8 Å². The van der Waals surface area contributed by atoms with Gasteiger partial charge in [0.2, 0.25) is 5.91 Å². The van der Waals surface area contributed by atoms with Gasteiger partial charge in [-0.3, -0.25) is 14.6 Å². The van der Waals surface area contributed by atoms with Gasteiger partial charge in [-0.2, -0.15) is 0 Å². The van der Waals surface area contributed by atoms with Crippen LogP contribution in [0, 0.1) is 29.1 Å². The number of nitrogens with zero attached hydrogens (tertiary/aromatic N) is 1. The second-order valence-electron chi connectivity index (χ2n) is 10.0. The molecule has 0 saturated heterocycles. The lowest BCUT2D eigenvalue weighted by Gasteiger charge is -2.56.